The maximum atomic E-state index is 12.5. The topological polar surface area (TPSA) is 75.0 Å². The van der Waals surface area contributed by atoms with Crippen molar-refractivity contribution in [1.82, 2.24) is 4.98 Å². The highest BCUT2D eigenvalue weighted by atomic mass is 16.5. The molecule has 5 nitrogen and oxygen atoms in total. The molecular formula is C21H15N3O2. The molecule has 0 saturated carbocycles. The summed E-state index contributed by atoms with van der Waals surface area (Å²) in [4.78, 5) is 16.7. The minimum absolute atomic E-state index is 0.265. The third-order valence-corrected chi connectivity index (χ3v) is 4.27. The Morgan fingerprint density at radius 2 is 2.04 bits per heavy atom. The van der Waals surface area contributed by atoms with Crippen LogP contribution in [0, 0.1) is 11.3 Å². The van der Waals surface area contributed by atoms with Crippen LogP contribution in [0.5, 0.6) is 5.75 Å². The number of pyridine rings is 1. The Labute approximate surface area is 150 Å². The lowest BCUT2D eigenvalue weighted by Crippen LogP contribution is -2.12. The van der Waals surface area contributed by atoms with Gasteiger partial charge in [-0.3, -0.25) is 9.78 Å². The summed E-state index contributed by atoms with van der Waals surface area (Å²) in [5.41, 5.74) is 4.58. The second-order valence-electron chi connectivity index (χ2n) is 6.03. The van der Waals surface area contributed by atoms with E-state index in [0.717, 1.165) is 23.3 Å². The van der Waals surface area contributed by atoms with Crippen molar-refractivity contribution in [1.29, 1.82) is 5.26 Å². The van der Waals surface area contributed by atoms with Gasteiger partial charge in [0, 0.05) is 30.1 Å². The van der Waals surface area contributed by atoms with E-state index in [2.05, 4.69) is 22.4 Å². The van der Waals surface area contributed by atoms with Crippen LogP contribution in [0.2, 0.25) is 0 Å². The van der Waals surface area contributed by atoms with Gasteiger partial charge in [-0.25, -0.2) is 0 Å². The number of carbonyl (C=O) groups excluding carboxylic acids is 1. The minimum Gasteiger partial charge on any atom is -0.493 e. The first kappa shape index (κ1) is 15.9. The molecule has 2 heterocycles. The first-order valence-corrected chi connectivity index (χ1v) is 8.25. The number of ether oxygens (including phenoxy) is 1. The molecule has 0 radical (unpaired) electrons. The Balaban J connectivity index is 1.59. The standard InChI is InChI=1S/C21H15N3O2/c22-11-14-2-1-3-19(8-14)24-21(25)18-10-17(12-23-13-18)15-4-5-20-16(9-15)6-7-26-20/h1-5,8-10,12-13H,6-7H2,(H,24,25). The molecule has 2 aromatic carbocycles. The quantitative estimate of drug-likeness (QED) is 0.786. The molecule has 4 rings (SSSR count). The summed E-state index contributed by atoms with van der Waals surface area (Å²) in [7, 11) is 0. The van der Waals surface area contributed by atoms with Crippen LogP contribution < -0.4 is 10.1 Å². The molecule has 1 aliphatic rings. The van der Waals surface area contributed by atoms with E-state index >= 15 is 0 Å². The molecule has 26 heavy (non-hydrogen) atoms. The molecule has 0 saturated heterocycles. The van der Waals surface area contributed by atoms with Gasteiger partial charge in [-0.2, -0.15) is 5.26 Å². The summed E-state index contributed by atoms with van der Waals surface area (Å²) in [6.07, 6.45) is 4.17. The van der Waals surface area contributed by atoms with Crippen molar-refractivity contribution in [2.24, 2.45) is 0 Å². The van der Waals surface area contributed by atoms with Crippen LogP contribution in [0.3, 0.4) is 0 Å². The fourth-order valence-electron chi connectivity index (χ4n) is 2.96. The van der Waals surface area contributed by atoms with E-state index in [1.165, 1.54) is 11.8 Å². The Morgan fingerprint density at radius 1 is 1.12 bits per heavy atom. The van der Waals surface area contributed by atoms with Crippen molar-refractivity contribution in [2.75, 3.05) is 11.9 Å². The first-order valence-electron chi connectivity index (χ1n) is 8.25. The number of hydrogen-bond donors (Lipinski definition) is 1. The van der Waals surface area contributed by atoms with Crippen molar-refractivity contribution in [3.05, 3.63) is 77.6 Å². The van der Waals surface area contributed by atoms with Crippen LogP contribution >= 0.6 is 0 Å². The Bertz CT molecular complexity index is 1040. The van der Waals surface area contributed by atoms with E-state index in [0.29, 0.717) is 23.4 Å². The predicted octanol–water partition coefficient (Wildman–Crippen LogP) is 3.81. The molecule has 126 valence electrons. The maximum absolute atomic E-state index is 12.5. The van der Waals surface area contributed by atoms with Crippen LogP contribution in [0.1, 0.15) is 21.5 Å². The first-order chi connectivity index (χ1) is 12.7. The van der Waals surface area contributed by atoms with Gasteiger partial charge in [0.1, 0.15) is 5.75 Å². The number of nitrogens with zero attached hydrogens (tertiary/aromatic N) is 2. The van der Waals surface area contributed by atoms with Crippen LogP contribution in [0.15, 0.2) is 60.9 Å². The van der Waals surface area contributed by atoms with Crippen molar-refractivity contribution in [3.8, 4) is 22.9 Å². The highest BCUT2D eigenvalue weighted by Crippen LogP contribution is 2.30. The summed E-state index contributed by atoms with van der Waals surface area (Å²) in [6, 6.07) is 16.7. The number of hydrogen-bond acceptors (Lipinski definition) is 4. The van der Waals surface area contributed by atoms with E-state index in [-0.39, 0.29) is 5.91 Å². The molecule has 0 aliphatic carbocycles. The lowest BCUT2D eigenvalue weighted by Gasteiger charge is -2.08. The van der Waals surface area contributed by atoms with Crippen molar-refractivity contribution < 1.29 is 9.53 Å². The average Bonchev–Trinajstić information content (AvgIpc) is 3.16. The summed E-state index contributed by atoms with van der Waals surface area (Å²) in [5, 5.41) is 11.8. The monoisotopic (exact) mass is 341 g/mol. The van der Waals surface area contributed by atoms with Crippen LogP contribution in [-0.4, -0.2) is 17.5 Å². The molecule has 1 aliphatic heterocycles. The van der Waals surface area contributed by atoms with E-state index in [4.69, 9.17) is 10.00 Å². The van der Waals surface area contributed by atoms with Gasteiger partial charge in [0.25, 0.3) is 5.91 Å². The number of anilines is 1. The predicted molar refractivity (Wildman–Crippen MR) is 98.0 cm³/mol. The lowest BCUT2D eigenvalue weighted by atomic mass is 10.0. The number of benzene rings is 2. The zero-order valence-electron chi connectivity index (χ0n) is 13.9. The van der Waals surface area contributed by atoms with Crippen LogP contribution in [0.4, 0.5) is 5.69 Å². The number of aromatic nitrogens is 1. The molecule has 5 heteroatoms. The van der Waals surface area contributed by atoms with Gasteiger partial charge in [-0.15, -0.1) is 0 Å². The molecule has 0 fully saturated rings. The smallest absolute Gasteiger partial charge is 0.257 e. The second kappa shape index (κ2) is 6.69. The summed E-state index contributed by atoms with van der Waals surface area (Å²) < 4.78 is 5.53. The van der Waals surface area contributed by atoms with Crippen molar-refractivity contribution >= 4 is 11.6 Å². The third-order valence-electron chi connectivity index (χ3n) is 4.27. The number of fused-ring (bicyclic) bond motifs is 1. The van der Waals surface area contributed by atoms with Gasteiger partial charge >= 0.3 is 0 Å². The molecular weight excluding hydrogens is 326 g/mol. The van der Waals surface area contributed by atoms with Crippen molar-refractivity contribution in [2.45, 2.75) is 6.42 Å². The van der Waals surface area contributed by atoms with E-state index in [1.807, 2.05) is 18.2 Å². The molecule has 0 spiro atoms. The summed E-state index contributed by atoms with van der Waals surface area (Å²) in [5.74, 6) is 0.659. The molecule has 0 unspecified atom stereocenters. The van der Waals surface area contributed by atoms with Gasteiger partial charge in [0.05, 0.1) is 23.8 Å². The Hall–Kier alpha value is -3.65. The number of nitriles is 1. The van der Waals surface area contributed by atoms with Crippen LogP contribution in [0.25, 0.3) is 11.1 Å². The minimum atomic E-state index is -0.265. The summed E-state index contributed by atoms with van der Waals surface area (Å²) in [6.45, 7) is 0.710. The number of nitrogens with one attached hydrogen (secondary N) is 1. The molecule has 0 atom stereocenters. The highest BCUT2D eigenvalue weighted by molar-refractivity contribution is 6.04. The highest BCUT2D eigenvalue weighted by Gasteiger charge is 2.14. The number of rotatable bonds is 3. The number of amides is 1. The van der Waals surface area contributed by atoms with Gasteiger partial charge in [0.2, 0.25) is 0 Å². The van der Waals surface area contributed by atoms with Gasteiger partial charge in [-0.1, -0.05) is 12.1 Å². The van der Waals surface area contributed by atoms with E-state index in [1.54, 1.807) is 30.5 Å². The zero-order valence-corrected chi connectivity index (χ0v) is 13.9. The largest absolute Gasteiger partial charge is 0.493 e. The molecule has 0 bridgehead atoms. The van der Waals surface area contributed by atoms with Crippen molar-refractivity contribution in [3.63, 3.8) is 0 Å². The summed E-state index contributed by atoms with van der Waals surface area (Å²) >= 11 is 0. The lowest BCUT2D eigenvalue weighted by molar-refractivity contribution is 0.102. The molecule has 1 N–H and O–H groups in total. The maximum Gasteiger partial charge on any atom is 0.257 e. The molecule has 1 aromatic heterocycles. The van der Waals surface area contributed by atoms with E-state index < -0.39 is 0 Å². The van der Waals surface area contributed by atoms with Gasteiger partial charge < -0.3 is 10.1 Å². The Morgan fingerprint density at radius 3 is 2.92 bits per heavy atom. The normalized spacial score (nSPS) is 12.0. The number of carbonyl (C=O) groups is 1. The fourth-order valence-corrected chi connectivity index (χ4v) is 2.96. The molecule has 1 amide bonds. The molecule has 3 aromatic rings. The SMILES string of the molecule is N#Cc1cccc(NC(=O)c2cncc(-c3ccc4c(c3)CCO4)c2)c1. The third kappa shape index (κ3) is 3.13. The van der Waals surface area contributed by atoms with Gasteiger partial charge in [-0.05, 0) is 47.5 Å². The zero-order chi connectivity index (χ0) is 17.9. The second-order valence-corrected chi connectivity index (χ2v) is 6.03. The Kier molecular flexibility index (Phi) is 4.08. The van der Waals surface area contributed by atoms with Crippen LogP contribution in [-0.2, 0) is 6.42 Å². The van der Waals surface area contributed by atoms with E-state index in [9.17, 15) is 4.79 Å². The van der Waals surface area contributed by atoms with Gasteiger partial charge in [0.15, 0.2) is 0 Å². The fraction of sp³-hybridized carbons (Fsp3) is 0.0952. The average molecular weight is 341 g/mol.